The molecule has 3 nitrogen and oxygen atoms in total. The Morgan fingerprint density at radius 3 is 2.53 bits per heavy atom. The Hall–Kier alpha value is -0.490. The number of nitrogen functional groups attached to an aromatic ring is 1. The second kappa shape index (κ2) is 5.44. The van der Waals surface area contributed by atoms with Crippen LogP contribution in [0, 0.1) is 0 Å². The van der Waals surface area contributed by atoms with Crippen molar-refractivity contribution in [1.29, 1.82) is 0 Å². The SMILES string of the molecule is Nc1cc(Br)nc(Sc2ccc(Cl)c(Cl)c2)n1. The van der Waals surface area contributed by atoms with Gasteiger partial charge in [0.15, 0.2) is 5.16 Å². The van der Waals surface area contributed by atoms with E-state index in [1.54, 1.807) is 18.2 Å². The number of hydrogen-bond donors (Lipinski definition) is 1. The van der Waals surface area contributed by atoms with Gasteiger partial charge in [-0.3, -0.25) is 0 Å². The van der Waals surface area contributed by atoms with Gasteiger partial charge in [0.05, 0.1) is 10.0 Å². The molecule has 0 aliphatic rings. The van der Waals surface area contributed by atoms with Gasteiger partial charge in [-0.1, -0.05) is 23.2 Å². The van der Waals surface area contributed by atoms with Crippen molar-refractivity contribution in [3.05, 3.63) is 38.9 Å². The average Bonchev–Trinajstić information content (AvgIpc) is 2.22. The smallest absolute Gasteiger partial charge is 0.195 e. The van der Waals surface area contributed by atoms with Gasteiger partial charge in [0.25, 0.3) is 0 Å². The third-order valence-electron chi connectivity index (χ3n) is 1.79. The molecule has 0 radical (unpaired) electrons. The van der Waals surface area contributed by atoms with E-state index in [0.29, 0.717) is 25.6 Å². The zero-order valence-corrected chi connectivity index (χ0v) is 12.2. The van der Waals surface area contributed by atoms with Crippen LogP contribution in [0.3, 0.4) is 0 Å². The number of benzene rings is 1. The molecule has 0 unspecified atom stereocenters. The summed E-state index contributed by atoms with van der Waals surface area (Å²) >= 11 is 16.4. The molecule has 0 atom stereocenters. The van der Waals surface area contributed by atoms with Crippen LogP contribution in [-0.2, 0) is 0 Å². The van der Waals surface area contributed by atoms with E-state index in [-0.39, 0.29) is 0 Å². The third kappa shape index (κ3) is 3.48. The predicted octanol–water partition coefficient (Wildman–Crippen LogP) is 4.28. The fraction of sp³-hybridized carbons (Fsp3) is 0. The van der Waals surface area contributed by atoms with Gasteiger partial charge in [-0.25, -0.2) is 9.97 Å². The zero-order chi connectivity index (χ0) is 12.4. The van der Waals surface area contributed by atoms with Crippen molar-refractivity contribution in [3.63, 3.8) is 0 Å². The molecule has 2 rings (SSSR count). The Balaban J connectivity index is 2.28. The minimum Gasteiger partial charge on any atom is -0.384 e. The first kappa shape index (κ1) is 13.0. The zero-order valence-electron chi connectivity index (χ0n) is 8.32. The highest BCUT2D eigenvalue weighted by Gasteiger charge is 2.05. The molecule has 0 saturated heterocycles. The molecule has 2 N–H and O–H groups in total. The maximum absolute atomic E-state index is 5.92. The van der Waals surface area contributed by atoms with Crippen molar-refractivity contribution < 1.29 is 0 Å². The molecule has 0 bridgehead atoms. The highest BCUT2D eigenvalue weighted by Crippen LogP contribution is 2.31. The Morgan fingerprint density at radius 2 is 1.88 bits per heavy atom. The second-order valence-electron chi connectivity index (χ2n) is 3.08. The summed E-state index contributed by atoms with van der Waals surface area (Å²) in [7, 11) is 0. The lowest BCUT2D eigenvalue weighted by Gasteiger charge is -2.03. The molecule has 0 spiro atoms. The summed E-state index contributed by atoms with van der Waals surface area (Å²) in [5, 5.41) is 1.57. The maximum atomic E-state index is 5.92. The minimum absolute atomic E-state index is 0.412. The van der Waals surface area contributed by atoms with E-state index in [0.717, 1.165) is 4.90 Å². The van der Waals surface area contributed by atoms with E-state index >= 15 is 0 Å². The molecule has 0 saturated carbocycles. The molecule has 1 heterocycles. The summed E-state index contributed by atoms with van der Waals surface area (Å²) in [6.07, 6.45) is 0. The van der Waals surface area contributed by atoms with Crippen molar-refractivity contribution in [1.82, 2.24) is 9.97 Å². The van der Waals surface area contributed by atoms with Crippen LogP contribution in [0.15, 0.2) is 38.9 Å². The van der Waals surface area contributed by atoms with Crippen LogP contribution in [-0.4, -0.2) is 9.97 Å². The van der Waals surface area contributed by atoms with E-state index in [1.807, 2.05) is 6.07 Å². The molecule has 1 aromatic heterocycles. The number of nitrogens with zero attached hydrogens (tertiary/aromatic N) is 2. The molecule has 2 aromatic rings. The monoisotopic (exact) mass is 349 g/mol. The summed E-state index contributed by atoms with van der Waals surface area (Å²) in [6.45, 7) is 0. The topological polar surface area (TPSA) is 51.8 Å². The van der Waals surface area contributed by atoms with Crippen molar-refractivity contribution in [2.45, 2.75) is 10.1 Å². The number of nitrogens with two attached hydrogens (primary N) is 1. The first-order valence-corrected chi connectivity index (χ1v) is 6.84. The molecule has 0 aliphatic heterocycles. The summed E-state index contributed by atoms with van der Waals surface area (Å²) in [4.78, 5) is 9.20. The second-order valence-corrected chi connectivity index (χ2v) is 5.74. The molecule has 1 aromatic carbocycles. The molecular formula is C10H6BrCl2N3S. The number of hydrogen-bond acceptors (Lipinski definition) is 4. The average molecular weight is 351 g/mol. The van der Waals surface area contributed by atoms with Crippen LogP contribution in [0.25, 0.3) is 0 Å². The van der Waals surface area contributed by atoms with Gasteiger partial charge < -0.3 is 5.73 Å². The van der Waals surface area contributed by atoms with Crippen LogP contribution >= 0.6 is 50.9 Å². The van der Waals surface area contributed by atoms with E-state index in [9.17, 15) is 0 Å². The van der Waals surface area contributed by atoms with E-state index in [2.05, 4.69) is 25.9 Å². The van der Waals surface area contributed by atoms with Gasteiger partial charge in [0.2, 0.25) is 0 Å². The Morgan fingerprint density at radius 1 is 1.12 bits per heavy atom. The van der Waals surface area contributed by atoms with Gasteiger partial charge in [0.1, 0.15) is 10.4 Å². The first-order chi connectivity index (χ1) is 8.04. The van der Waals surface area contributed by atoms with Crippen molar-refractivity contribution in [2.75, 3.05) is 5.73 Å². The number of rotatable bonds is 2. The van der Waals surface area contributed by atoms with Crippen LogP contribution in [0.1, 0.15) is 0 Å². The summed E-state index contributed by atoms with van der Waals surface area (Å²) in [5.74, 6) is 0.412. The molecule has 17 heavy (non-hydrogen) atoms. The summed E-state index contributed by atoms with van der Waals surface area (Å²) in [5.41, 5.74) is 5.63. The fourth-order valence-corrected chi connectivity index (χ4v) is 2.81. The molecule has 88 valence electrons. The molecule has 7 heteroatoms. The summed E-state index contributed by atoms with van der Waals surface area (Å²) in [6, 6.07) is 6.97. The minimum atomic E-state index is 0.412. The quantitative estimate of drug-likeness (QED) is 0.648. The van der Waals surface area contributed by atoms with Crippen molar-refractivity contribution in [3.8, 4) is 0 Å². The van der Waals surface area contributed by atoms with Crippen molar-refractivity contribution >= 4 is 56.7 Å². The third-order valence-corrected chi connectivity index (χ3v) is 3.79. The molecule has 0 fully saturated rings. The van der Waals surface area contributed by atoms with Crippen molar-refractivity contribution in [2.24, 2.45) is 0 Å². The number of anilines is 1. The molecule has 0 amide bonds. The van der Waals surface area contributed by atoms with Gasteiger partial charge in [-0.2, -0.15) is 0 Å². The van der Waals surface area contributed by atoms with Gasteiger partial charge in [-0.15, -0.1) is 0 Å². The van der Waals surface area contributed by atoms with Crippen LogP contribution in [0.2, 0.25) is 10.0 Å². The lowest BCUT2D eigenvalue weighted by atomic mass is 10.4. The van der Waals surface area contributed by atoms with E-state index in [4.69, 9.17) is 28.9 Å². The first-order valence-electron chi connectivity index (χ1n) is 4.47. The fourth-order valence-electron chi connectivity index (χ4n) is 1.10. The van der Waals surface area contributed by atoms with Gasteiger partial charge in [0, 0.05) is 11.0 Å². The summed E-state index contributed by atoms with van der Waals surface area (Å²) < 4.78 is 0.646. The Labute approximate surface area is 121 Å². The van der Waals surface area contributed by atoms with Crippen LogP contribution < -0.4 is 5.73 Å². The predicted molar refractivity (Wildman–Crippen MR) is 74.7 cm³/mol. The van der Waals surface area contributed by atoms with Gasteiger partial charge >= 0.3 is 0 Å². The van der Waals surface area contributed by atoms with Gasteiger partial charge in [-0.05, 0) is 45.9 Å². The van der Waals surface area contributed by atoms with E-state index < -0.39 is 0 Å². The Kier molecular flexibility index (Phi) is 4.14. The normalized spacial score (nSPS) is 10.5. The van der Waals surface area contributed by atoms with Crippen LogP contribution in [0.5, 0.6) is 0 Å². The highest BCUT2D eigenvalue weighted by molar-refractivity contribution is 9.10. The Bertz CT molecular complexity index is 545. The number of aromatic nitrogens is 2. The maximum Gasteiger partial charge on any atom is 0.195 e. The lowest BCUT2D eigenvalue weighted by molar-refractivity contribution is 0.957. The standard InChI is InChI=1S/C10H6BrCl2N3S/c11-8-4-9(14)16-10(15-8)17-5-1-2-6(12)7(13)3-5/h1-4H,(H2,14,15,16). The van der Waals surface area contributed by atoms with E-state index in [1.165, 1.54) is 11.8 Å². The molecule has 0 aliphatic carbocycles. The molecular weight excluding hydrogens is 345 g/mol. The largest absolute Gasteiger partial charge is 0.384 e. The van der Waals surface area contributed by atoms with Crippen LogP contribution in [0.4, 0.5) is 5.82 Å². The number of halogens is 3. The highest BCUT2D eigenvalue weighted by atomic mass is 79.9. The lowest BCUT2D eigenvalue weighted by Crippen LogP contribution is -1.94.